The highest BCUT2D eigenvalue weighted by molar-refractivity contribution is 5.96. The maximum absolute atomic E-state index is 12.0. The van der Waals surface area contributed by atoms with Gasteiger partial charge in [0, 0.05) is 12.0 Å². The van der Waals surface area contributed by atoms with Crippen LogP contribution in [-0.4, -0.2) is 27.7 Å². The number of aliphatic hydroxyl groups is 2. The molecule has 0 radical (unpaired) electrons. The van der Waals surface area contributed by atoms with E-state index in [1.165, 1.54) is 0 Å². The van der Waals surface area contributed by atoms with E-state index < -0.39 is 11.7 Å². The summed E-state index contributed by atoms with van der Waals surface area (Å²) in [6.45, 7) is 0. The molecule has 1 aliphatic rings. The first-order valence-electron chi connectivity index (χ1n) is 5.78. The first kappa shape index (κ1) is 12.0. The third-order valence-electron chi connectivity index (χ3n) is 3.13. The fourth-order valence-electron chi connectivity index (χ4n) is 2.06. The maximum Gasteiger partial charge on any atom is 0.166 e. The van der Waals surface area contributed by atoms with Gasteiger partial charge in [0.15, 0.2) is 5.78 Å². The lowest BCUT2D eigenvalue weighted by atomic mass is 9.83. The van der Waals surface area contributed by atoms with Crippen molar-refractivity contribution in [1.29, 1.82) is 0 Å². The van der Waals surface area contributed by atoms with Gasteiger partial charge in [-0.25, -0.2) is 0 Å². The monoisotopic (exact) mass is 232 g/mol. The van der Waals surface area contributed by atoms with Crippen LogP contribution in [0, 0.1) is 0 Å². The van der Waals surface area contributed by atoms with Gasteiger partial charge >= 0.3 is 0 Å². The van der Waals surface area contributed by atoms with E-state index in [1.807, 2.05) is 12.1 Å². The largest absolute Gasteiger partial charge is 0.390 e. The number of Topliss-reactive ketones (excluding diaryl/α,β-unsaturated/α-hetero) is 1. The fraction of sp³-hybridized carbons (Fsp3) is 0.357. The van der Waals surface area contributed by atoms with Gasteiger partial charge in [-0.3, -0.25) is 4.79 Å². The Hall–Kier alpha value is -1.45. The van der Waals surface area contributed by atoms with Crippen molar-refractivity contribution in [1.82, 2.24) is 0 Å². The number of rotatable bonds is 3. The molecule has 0 amide bonds. The minimum absolute atomic E-state index is 0.0747. The molecule has 0 saturated carbocycles. The van der Waals surface area contributed by atoms with Crippen molar-refractivity contribution >= 4 is 5.78 Å². The highest BCUT2D eigenvalue weighted by atomic mass is 16.3. The lowest BCUT2D eigenvalue weighted by Gasteiger charge is -2.32. The predicted molar refractivity (Wildman–Crippen MR) is 64.7 cm³/mol. The van der Waals surface area contributed by atoms with E-state index in [0.29, 0.717) is 12.0 Å². The smallest absolute Gasteiger partial charge is 0.166 e. The van der Waals surface area contributed by atoms with Gasteiger partial charge in [-0.05, 0) is 12.8 Å². The van der Waals surface area contributed by atoms with Crippen LogP contribution in [0.25, 0.3) is 0 Å². The molecule has 1 aliphatic carbocycles. The summed E-state index contributed by atoms with van der Waals surface area (Å²) in [4.78, 5) is 12.0. The second kappa shape index (κ2) is 4.82. The Balaban J connectivity index is 2.13. The van der Waals surface area contributed by atoms with Gasteiger partial charge in [0.2, 0.25) is 0 Å². The van der Waals surface area contributed by atoms with Gasteiger partial charge in [0.05, 0.1) is 6.10 Å². The van der Waals surface area contributed by atoms with E-state index in [1.54, 1.807) is 30.3 Å². The summed E-state index contributed by atoms with van der Waals surface area (Å²) in [6, 6.07) is 8.82. The van der Waals surface area contributed by atoms with Crippen LogP contribution in [0.5, 0.6) is 0 Å². The number of carbonyl (C=O) groups is 1. The number of aliphatic hydroxyl groups excluding tert-OH is 1. The van der Waals surface area contributed by atoms with Crippen LogP contribution in [-0.2, 0) is 0 Å². The van der Waals surface area contributed by atoms with Gasteiger partial charge in [0.25, 0.3) is 0 Å². The zero-order valence-corrected chi connectivity index (χ0v) is 9.54. The molecule has 2 unspecified atom stereocenters. The topological polar surface area (TPSA) is 57.5 Å². The van der Waals surface area contributed by atoms with Crippen LogP contribution in [0.2, 0.25) is 0 Å². The van der Waals surface area contributed by atoms with Gasteiger partial charge < -0.3 is 10.2 Å². The van der Waals surface area contributed by atoms with E-state index in [9.17, 15) is 15.0 Å². The molecule has 1 aromatic carbocycles. The first-order valence-corrected chi connectivity index (χ1v) is 5.78. The molecule has 17 heavy (non-hydrogen) atoms. The normalized spacial score (nSPS) is 28.0. The Morgan fingerprint density at radius 1 is 1.35 bits per heavy atom. The van der Waals surface area contributed by atoms with Crippen LogP contribution in [0.1, 0.15) is 29.6 Å². The predicted octanol–water partition coefficient (Wildman–Crippen LogP) is 1.70. The van der Waals surface area contributed by atoms with Gasteiger partial charge in [-0.15, -0.1) is 0 Å². The summed E-state index contributed by atoms with van der Waals surface area (Å²) in [5.74, 6) is -0.154. The molecule has 0 aliphatic heterocycles. The van der Waals surface area contributed by atoms with Crippen molar-refractivity contribution in [3.8, 4) is 0 Å². The highest BCUT2D eigenvalue weighted by Crippen LogP contribution is 2.27. The number of ketones is 1. The maximum atomic E-state index is 12.0. The minimum Gasteiger partial charge on any atom is -0.390 e. The summed E-state index contributed by atoms with van der Waals surface area (Å²) >= 11 is 0. The highest BCUT2D eigenvalue weighted by Gasteiger charge is 2.36. The second-order valence-corrected chi connectivity index (χ2v) is 4.45. The third kappa shape index (κ3) is 2.62. The second-order valence-electron chi connectivity index (χ2n) is 4.45. The zero-order valence-electron chi connectivity index (χ0n) is 9.54. The van der Waals surface area contributed by atoms with Gasteiger partial charge in [-0.1, -0.05) is 42.5 Å². The molecule has 3 nitrogen and oxygen atoms in total. The summed E-state index contributed by atoms with van der Waals surface area (Å²) in [7, 11) is 0. The van der Waals surface area contributed by atoms with Crippen LogP contribution >= 0.6 is 0 Å². The van der Waals surface area contributed by atoms with Crippen LogP contribution < -0.4 is 0 Å². The molecule has 2 atom stereocenters. The van der Waals surface area contributed by atoms with Crippen molar-refractivity contribution < 1.29 is 15.0 Å². The lowest BCUT2D eigenvalue weighted by molar-refractivity contribution is -0.0473. The van der Waals surface area contributed by atoms with Gasteiger partial charge in [-0.2, -0.15) is 0 Å². The zero-order chi connectivity index (χ0) is 12.3. The summed E-state index contributed by atoms with van der Waals surface area (Å²) in [5.41, 5.74) is -0.849. The third-order valence-corrected chi connectivity index (χ3v) is 3.13. The fourth-order valence-corrected chi connectivity index (χ4v) is 2.06. The molecule has 0 heterocycles. The Morgan fingerprint density at radius 3 is 2.71 bits per heavy atom. The van der Waals surface area contributed by atoms with Crippen molar-refractivity contribution in [3.05, 3.63) is 48.0 Å². The standard InChI is InChI=1S/C14H16O3/c15-12(11-6-2-1-3-7-11)10-14(17)9-5-4-8-13(14)16/h1-3,5-7,9,13,16-17H,4,8,10H2. The van der Waals surface area contributed by atoms with Crippen molar-refractivity contribution in [2.45, 2.75) is 31.0 Å². The molecule has 3 heteroatoms. The van der Waals surface area contributed by atoms with E-state index in [4.69, 9.17) is 0 Å². The van der Waals surface area contributed by atoms with Crippen LogP contribution in [0.3, 0.4) is 0 Å². The van der Waals surface area contributed by atoms with E-state index >= 15 is 0 Å². The number of allylic oxidation sites excluding steroid dienone is 1. The summed E-state index contributed by atoms with van der Waals surface area (Å²) in [6.07, 6.45) is 3.65. The average Bonchev–Trinajstić information content (AvgIpc) is 2.34. The minimum atomic E-state index is -1.41. The molecular weight excluding hydrogens is 216 g/mol. The van der Waals surface area contributed by atoms with Crippen molar-refractivity contribution in [3.63, 3.8) is 0 Å². The molecule has 0 saturated heterocycles. The summed E-state index contributed by atoms with van der Waals surface area (Å²) in [5, 5.41) is 20.0. The van der Waals surface area contributed by atoms with E-state index in [-0.39, 0.29) is 12.2 Å². The number of hydrogen-bond donors (Lipinski definition) is 2. The van der Waals surface area contributed by atoms with Gasteiger partial charge in [0.1, 0.15) is 5.60 Å². The first-order chi connectivity index (χ1) is 8.12. The van der Waals surface area contributed by atoms with Crippen LogP contribution in [0.15, 0.2) is 42.5 Å². The molecule has 0 fully saturated rings. The number of benzene rings is 1. The number of hydrogen-bond acceptors (Lipinski definition) is 3. The molecule has 2 N–H and O–H groups in total. The average molecular weight is 232 g/mol. The quantitative estimate of drug-likeness (QED) is 0.616. The Kier molecular flexibility index (Phi) is 3.41. The molecule has 0 spiro atoms. The lowest BCUT2D eigenvalue weighted by Crippen LogP contribution is -2.43. The van der Waals surface area contributed by atoms with Crippen LogP contribution in [0.4, 0.5) is 0 Å². The molecular formula is C14H16O3. The Bertz CT molecular complexity index is 424. The molecule has 1 aromatic rings. The number of carbonyl (C=O) groups excluding carboxylic acids is 1. The Labute approximate surface area is 100 Å². The molecule has 0 aromatic heterocycles. The SMILES string of the molecule is O=C(CC1(O)C=CCCC1O)c1ccccc1. The van der Waals surface area contributed by atoms with E-state index in [2.05, 4.69) is 0 Å². The summed E-state index contributed by atoms with van der Waals surface area (Å²) < 4.78 is 0. The molecule has 2 rings (SSSR count). The molecule has 90 valence electrons. The molecule has 0 bridgehead atoms. The van der Waals surface area contributed by atoms with Crippen molar-refractivity contribution in [2.24, 2.45) is 0 Å². The van der Waals surface area contributed by atoms with E-state index in [0.717, 1.165) is 6.42 Å². The van der Waals surface area contributed by atoms with Crippen molar-refractivity contribution in [2.75, 3.05) is 0 Å². The Morgan fingerprint density at radius 2 is 2.06 bits per heavy atom.